The van der Waals surface area contributed by atoms with Gasteiger partial charge in [-0.15, -0.1) is 0 Å². The first-order chi connectivity index (χ1) is 7.31. The van der Waals surface area contributed by atoms with Crippen molar-refractivity contribution in [2.24, 2.45) is 11.7 Å². The van der Waals surface area contributed by atoms with E-state index in [-0.39, 0.29) is 0 Å². The fourth-order valence-electron chi connectivity index (χ4n) is 2.43. The van der Waals surface area contributed by atoms with Gasteiger partial charge in [-0.2, -0.15) is 0 Å². The third-order valence-corrected chi connectivity index (χ3v) is 3.55. The first-order valence-corrected chi connectivity index (χ1v) is 6.38. The lowest BCUT2D eigenvalue weighted by Crippen LogP contribution is -2.54. The molecule has 0 radical (unpaired) electrons. The number of nitrogens with zero attached hydrogens (tertiary/aromatic N) is 1. The second-order valence-electron chi connectivity index (χ2n) is 5.03. The summed E-state index contributed by atoms with van der Waals surface area (Å²) in [6, 6.07) is 0.795. The minimum Gasteiger partial charge on any atom is -0.380 e. The van der Waals surface area contributed by atoms with Crippen LogP contribution in [0.4, 0.5) is 0 Å². The van der Waals surface area contributed by atoms with Gasteiger partial charge >= 0.3 is 0 Å². The molecule has 15 heavy (non-hydrogen) atoms. The molecule has 2 aliphatic rings. The van der Waals surface area contributed by atoms with Gasteiger partial charge in [0.05, 0.1) is 6.61 Å². The molecule has 2 N–H and O–H groups in total. The lowest BCUT2D eigenvalue weighted by Gasteiger charge is -2.38. The summed E-state index contributed by atoms with van der Waals surface area (Å²) >= 11 is 0. The molecule has 2 atom stereocenters. The molecule has 3 heteroatoms. The van der Waals surface area contributed by atoms with E-state index in [1.165, 1.54) is 32.4 Å². The van der Waals surface area contributed by atoms with Crippen LogP contribution in [0.25, 0.3) is 0 Å². The second kappa shape index (κ2) is 5.28. The molecule has 0 aromatic heterocycles. The van der Waals surface area contributed by atoms with Crippen molar-refractivity contribution in [3.8, 4) is 0 Å². The van der Waals surface area contributed by atoms with Crippen LogP contribution in [-0.2, 0) is 4.74 Å². The molecule has 0 bridgehead atoms. The Balaban J connectivity index is 1.88. The van der Waals surface area contributed by atoms with Gasteiger partial charge in [0.1, 0.15) is 0 Å². The first kappa shape index (κ1) is 11.4. The van der Waals surface area contributed by atoms with Crippen LogP contribution < -0.4 is 5.73 Å². The van der Waals surface area contributed by atoms with Crippen molar-refractivity contribution in [3.63, 3.8) is 0 Å². The van der Waals surface area contributed by atoms with E-state index >= 15 is 0 Å². The number of rotatable bonds is 5. The number of nitrogens with two attached hydrogens (primary N) is 1. The van der Waals surface area contributed by atoms with Gasteiger partial charge in [-0.05, 0) is 38.1 Å². The quantitative estimate of drug-likeness (QED) is 0.745. The predicted octanol–water partition coefficient (Wildman–Crippen LogP) is 1.22. The van der Waals surface area contributed by atoms with E-state index in [0.29, 0.717) is 12.1 Å². The SMILES string of the molecule is CCCN(CC1CC1)C1COCCC1N. The maximum Gasteiger partial charge on any atom is 0.0636 e. The third-order valence-electron chi connectivity index (χ3n) is 3.55. The summed E-state index contributed by atoms with van der Waals surface area (Å²) in [7, 11) is 0. The molecular weight excluding hydrogens is 188 g/mol. The highest BCUT2D eigenvalue weighted by Crippen LogP contribution is 2.31. The molecule has 1 heterocycles. The van der Waals surface area contributed by atoms with Crippen LogP contribution >= 0.6 is 0 Å². The second-order valence-corrected chi connectivity index (χ2v) is 5.03. The van der Waals surface area contributed by atoms with Crippen molar-refractivity contribution in [2.75, 3.05) is 26.3 Å². The monoisotopic (exact) mass is 212 g/mol. The van der Waals surface area contributed by atoms with E-state index in [9.17, 15) is 0 Å². The zero-order valence-corrected chi connectivity index (χ0v) is 9.82. The zero-order valence-electron chi connectivity index (χ0n) is 9.82. The normalized spacial score (nSPS) is 32.2. The molecule has 1 aliphatic carbocycles. The lowest BCUT2D eigenvalue weighted by atomic mass is 10.0. The summed E-state index contributed by atoms with van der Waals surface area (Å²) in [5.74, 6) is 0.950. The number of ether oxygens (including phenoxy) is 1. The molecule has 1 saturated carbocycles. The molecule has 1 aliphatic heterocycles. The molecule has 2 unspecified atom stereocenters. The van der Waals surface area contributed by atoms with Crippen molar-refractivity contribution in [2.45, 2.75) is 44.7 Å². The molecule has 2 fully saturated rings. The van der Waals surface area contributed by atoms with Crippen LogP contribution in [0.15, 0.2) is 0 Å². The Morgan fingerprint density at radius 2 is 2.13 bits per heavy atom. The smallest absolute Gasteiger partial charge is 0.0636 e. The van der Waals surface area contributed by atoms with Gasteiger partial charge in [0.15, 0.2) is 0 Å². The van der Waals surface area contributed by atoms with Crippen LogP contribution in [0.2, 0.25) is 0 Å². The Labute approximate surface area is 93.0 Å². The zero-order chi connectivity index (χ0) is 10.7. The van der Waals surface area contributed by atoms with E-state index in [1.54, 1.807) is 0 Å². The van der Waals surface area contributed by atoms with Crippen LogP contribution in [0.5, 0.6) is 0 Å². The van der Waals surface area contributed by atoms with Crippen LogP contribution in [0.3, 0.4) is 0 Å². The minimum absolute atomic E-state index is 0.323. The average Bonchev–Trinajstić information content (AvgIpc) is 3.02. The fourth-order valence-corrected chi connectivity index (χ4v) is 2.43. The first-order valence-electron chi connectivity index (χ1n) is 6.38. The van der Waals surface area contributed by atoms with Gasteiger partial charge in [-0.25, -0.2) is 0 Å². The Morgan fingerprint density at radius 3 is 2.73 bits per heavy atom. The maximum absolute atomic E-state index is 6.18. The van der Waals surface area contributed by atoms with E-state index in [0.717, 1.165) is 25.6 Å². The van der Waals surface area contributed by atoms with Crippen LogP contribution in [-0.4, -0.2) is 43.3 Å². The summed E-state index contributed by atoms with van der Waals surface area (Å²) in [5, 5.41) is 0. The summed E-state index contributed by atoms with van der Waals surface area (Å²) in [5.41, 5.74) is 6.18. The van der Waals surface area contributed by atoms with Crippen molar-refractivity contribution >= 4 is 0 Å². The highest BCUT2D eigenvalue weighted by Gasteiger charge is 2.32. The van der Waals surface area contributed by atoms with Crippen molar-refractivity contribution < 1.29 is 4.74 Å². The molecule has 0 aromatic rings. The van der Waals surface area contributed by atoms with E-state index < -0.39 is 0 Å². The molecule has 2 rings (SSSR count). The fraction of sp³-hybridized carbons (Fsp3) is 1.00. The van der Waals surface area contributed by atoms with Gasteiger partial charge in [0.25, 0.3) is 0 Å². The van der Waals surface area contributed by atoms with Crippen molar-refractivity contribution in [1.82, 2.24) is 4.90 Å². The van der Waals surface area contributed by atoms with Gasteiger partial charge in [-0.3, -0.25) is 4.90 Å². The summed E-state index contributed by atoms with van der Waals surface area (Å²) in [4.78, 5) is 2.57. The Morgan fingerprint density at radius 1 is 1.33 bits per heavy atom. The predicted molar refractivity (Wildman–Crippen MR) is 61.8 cm³/mol. The van der Waals surface area contributed by atoms with Crippen molar-refractivity contribution in [1.29, 1.82) is 0 Å². The minimum atomic E-state index is 0.323. The van der Waals surface area contributed by atoms with Crippen LogP contribution in [0.1, 0.15) is 32.6 Å². The molecular formula is C12H24N2O. The topological polar surface area (TPSA) is 38.5 Å². The summed E-state index contributed by atoms with van der Waals surface area (Å²) in [6.45, 7) is 6.36. The molecule has 1 saturated heterocycles. The standard InChI is InChI=1S/C12H24N2O/c1-2-6-14(8-10-3-4-10)12-9-15-7-5-11(12)13/h10-12H,2-9,13H2,1H3. The highest BCUT2D eigenvalue weighted by molar-refractivity contribution is 4.88. The lowest BCUT2D eigenvalue weighted by molar-refractivity contribution is 0.00405. The molecule has 0 spiro atoms. The largest absolute Gasteiger partial charge is 0.380 e. The van der Waals surface area contributed by atoms with E-state index in [4.69, 9.17) is 10.5 Å². The maximum atomic E-state index is 6.18. The van der Waals surface area contributed by atoms with Crippen LogP contribution in [0, 0.1) is 5.92 Å². The Hall–Kier alpha value is -0.120. The highest BCUT2D eigenvalue weighted by atomic mass is 16.5. The molecule has 0 amide bonds. The Bertz CT molecular complexity index is 194. The molecule has 3 nitrogen and oxygen atoms in total. The Kier molecular flexibility index (Phi) is 4.00. The summed E-state index contributed by atoms with van der Waals surface area (Å²) in [6.07, 6.45) is 5.08. The van der Waals surface area contributed by atoms with Gasteiger partial charge < -0.3 is 10.5 Å². The number of hydrogen-bond acceptors (Lipinski definition) is 3. The van der Waals surface area contributed by atoms with E-state index in [2.05, 4.69) is 11.8 Å². The third kappa shape index (κ3) is 3.16. The molecule has 88 valence electrons. The summed E-state index contributed by atoms with van der Waals surface area (Å²) < 4.78 is 5.56. The van der Waals surface area contributed by atoms with Crippen molar-refractivity contribution in [3.05, 3.63) is 0 Å². The molecule has 0 aromatic carbocycles. The van der Waals surface area contributed by atoms with E-state index in [1.807, 2.05) is 0 Å². The van der Waals surface area contributed by atoms with Gasteiger partial charge in [0, 0.05) is 25.2 Å². The average molecular weight is 212 g/mol. The van der Waals surface area contributed by atoms with Gasteiger partial charge in [0.2, 0.25) is 0 Å². The van der Waals surface area contributed by atoms with Gasteiger partial charge in [-0.1, -0.05) is 6.92 Å². The number of hydrogen-bond donors (Lipinski definition) is 1.